The van der Waals surface area contributed by atoms with Gasteiger partial charge in [0.1, 0.15) is 10.8 Å². The van der Waals surface area contributed by atoms with Gasteiger partial charge in [0.25, 0.3) is 0 Å². The van der Waals surface area contributed by atoms with Crippen LogP contribution in [0.2, 0.25) is 5.02 Å². The number of hydrogen-bond donors (Lipinski definition) is 1. The molecule has 0 bridgehead atoms. The van der Waals surface area contributed by atoms with Gasteiger partial charge in [0.2, 0.25) is 0 Å². The van der Waals surface area contributed by atoms with E-state index in [-0.39, 0.29) is 0 Å². The second-order valence-corrected chi connectivity index (χ2v) is 7.29. The van der Waals surface area contributed by atoms with Crippen molar-refractivity contribution in [2.75, 3.05) is 11.4 Å². The third-order valence-corrected chi connectivity index (χ3v) is 5.41. The molecular weight excluding hydrogens is 326 g/mol. The quantitative estimate of drug-likeness (QED) is 0.801. The molecule has 3 nitrogen and oxygen atoms in total. The Balaban J connectivity index is 2.25. The number of hydrogen-bond acceptors (Lipinski definition) is 3. The van der Waals surface area contributed by atoms with Crippen molar-refractivity contribution in [3.05, 3.63) is 63.1 Å². The third kappa shape index (κ3) is 2.73. The van der Waals surface area contributed by atoms with Crippen LogP contribution in [0.15, 0.2) is 41.5 Å². The van der Waals surface area contributed by atoms with Crippen LogP contribution in [0.4, 0.5) is 5.00 Å². The normalized spacial score (nSPS) is 14.3. The second-order valence-electron chi connectivity index (χ2n) is 5.65. The minimum atomic E-state index is 0.338. The molecule has 1 aliphatic heterocycles. The molecule has 0 atom stereocenters. The first-order chi connectivity index (χ1) is 10.9. The Bertz CT molecular complexity index is 831. The molecule has 0 aliphatic carbocycles. The van der Waals surface area contributed by atoms with Crippen molar-refractivity contribution in [3.63, 3.8) is 0 Å². The Morgan fingerprint density at radius 2 is 1.96 bits per heavy atom. The number of aryl methyl sites for hydroxylation is 1. The minimum Gasteiger partial charge on any atom is -0.293 e. The summed E-state index contributed by atoms with van der Waals surface area (Å²) >= 11 is 7.70. The maximum Gasteiger partial charge on any atom is 0.127 e. The molecule has 118 valence electrons. The molecular formula is C18H18ClN3S. The van der Waals surface area contributed by atoms with Crippen LogP contribution in [0.3, 0.4) is 0 Å². The van der Waals surface area contributed by atoms with Crippen molar-refractivity contribution in [3.8, 4) is 0 Å². The number of benzene rings is 1. The van der Waals surface area contributed by atoms with E-state index in [0.717, 1.165) is 27.5 Å². The molecule has 0 radical (unpaired) electrons. The standard InChI is InChI=1S/C18H18ClN3S/c1-10(2)22-15(20)9-21-17(13-5-7-14(19)8-6-13)16-11(3)12(4)23-18(16)22/h5-8,20H,1,9H2,2-4H3. The number of aliphatic imine (C=N–C) groups is 1. The first-order valence-corrected chi connectivity index (χ1v) is 8.53. The number of thiophene rings is 1. The van der Waals surface area contributed by atoms with E-state index >= 15 is 0 Å². The van der Waals surface area contributed by atoms with E-state index in [4.69, 9.17) is 22.0 Å². The summed E-state index contributed by atoms with van der Waals surface area (Å²) in [7, 11) is 0. The Morgan fingerprint density at radius 1 is 1.30 bits per heavy atom. The summed E-state index contributed by atoms with van der Waals surface area (Å²) in [6, 6.07) is 7.72. The fourth-order valence-electron chi connectivity index (χ4n) is 2.72. The van der Waals surface area contributed by atoms with Gasteiger partial charge >= 0.3 is 0 Å². The van der Waals surface area contributed by atoms with Gasteiger partial charge < -0.3 is 0 Å². The number of fused-ring (bicyclic) bond motifs is 1. The number of allylic oxidation sites excluding steroid dienone is 1. The van der Waals surface area contributed by atoms with E-state index in [1.807, 2.05) is 36.1 Å². The van der Waals surface area contributed by atoms with Gasteiger partial charge in [0, 0.05) is 26.7 Å². The average Bonchev–Trinajstić information content (AvgIpc) is 2.68. The van der Waals surface area contributed by atoms with Crippen molar-refractivity contribution in [2.45, 2.75) is 20.8 Å². The van der Waals surface area contributed by atoms with Gasteiger partial charge in [-0.1, -0.05) is 30.3 Å². The van der Waals surface area contributed by atoms with Crippen LogP contribution in [0.25, 0.3) is 0 Å². The van der Waals surface area contributed by atoms with E-state index < -0.39 is 0 Å². The maximum absolute atomic E-state index is 8.36. The Kier molecular flexibility index (Phi) is 4.13. The van der Waals surface area contributed by atoms with Crippen LogP contribution >= 0.6 is 22.9 Å². The predicted octanol–water partition coefficient (Wildman–Crippen LogP) is 5.19. The van der Waals surface area contributed by atoms with Gasteiger partial charge in [-0.2, -0.15) is 0 Å². The van der Waals surface area contributed by atoms with Crippen LogP contribution < -0.4 is 4.90 Å². The molecule has 2 aromatic rings. The number of nitrogens with one attached hydrogen (secondary N) is 1. The van der Waals surface area contributed by atoms with Gasteiger partial charge in [-0.05, 0) is 38.5 Å². The number of anilines is 1. The van der Waals surface area contributed by atoms with E-state index in [9.17, 15) is 0 Å². The Labute approximate surface area is 145 Å². The highest BCUT2D eigenvalue weighted by Gasteiger charge is 2.28. The van der Waals surface area contributed by atoms with E-state index in [2.05, 4.69) is 20.4 Å². The molecule has 0 saturated heterocycles. The molecule has 1 aromatic carbocycles. The van der Waals surface area contributed by atoms with Crippen molar-refractivity contribution >= 4 is 39.5 Å². The monoisotopic (exact) mass is 343 g/mol. The smallest absolute Gasteiger partial charge is 0.127 e. The summed E-state index contributed by atoms with van der Waals surface area (Å²) in [6.07, 6.45) is 0. The molecule has 0 spiro atoms. The average molecular weight is 344 g/mol. The Hall–Kier alpha value is -1.91. The first kappa shape index (κ1) is 16.0. The summed E-state index contributed by atoms with van der Waals surface area (Å²) in [5.41, 5.74) is 5.09. The van der Waals surface area contributed by atoms with Crippen molar-refractivity contribution in [1.82, 2.24) is 0 Å². The van der Waals surface area contributed by atoms with E-state index in [1.165, 1.54) is 10.4 Å². The lowest BCUT2D eigenvalue weighted by Gasteiger charge is -2.22. The number of amidine groups is 1. The number of rotatable bonds is 2. The van der Waals surface area contributed by atoms with Crippen LogP contribution in [-0.2, 0) is 0 Å². The van der Waals surface area contributed by atoms with Crippen LogP contribution in [-0.4, -0.2) is 18.1 Å². The fourth-order valence-corrected chi connectivity index (χ4v) is 4.10. The highest BCUT2D eigenvalue weighted by molar-refractivity contribution is 7.17. The molecule has 1 aromatic heterocycles. The first-order valence-electron chi connectivity index (χ1n) is 7.34. The molecule has 0 fully saturated rings. The minimum absolute atomic E-state index is 0.338. The lowest BCUT2D eigenvalue weighted by Crippen LogP contribution is -2.28. The highest BCUT2D eigenvalue weighted by atomic mass is 35.5. The lowest BCUT2D eigenvalue weighted by molar-refractivity contribution is 1.15. The van der Waals surface area contributed by atoms with Gasteiger partial charge in [-0.3, -0.25) is 15.3 Å². The van der Waals surface area contributed by atoms with Gasteiger partial charge in [0.05, 0.1) is 12.3 Å². The largest absolute Gasteiger partial charge is 0.293 e. The molecule has 0 saturated carbocycles. The zero-order valence-corrected chi connectivity index (χ0v) is 15.0. The van der Waals surface area contributed by atoms with Crippen LogP contribution in [0, 0.1) is 19.3 Å². The molecule has 0 amide bonds. The molecule has 2 heterocycles. The molecule has 1 aliphatic rings. The summed E-state index contributed by atoms with van der Waals surface area (Å²) in [4.78, 5) is 7.87. The second kappa shape index (κ2) is 5.95. The molecule has 23 heavy (non-hydrogen) atoms. The van der Waals surface area contributed by atoms with E-state index in [0.29, 0.717) is 17.4 Å². The van der Waals surface area contributed by atoms with E-state index in [1.54, 1.807) is 11.3 Å². The van der Waals surface area contributed by atoms with Gasteiger partial charge in [-0.15, -0.1) is 11.3 Å². The zero-order valence-electron chi connectivity index (χ0n) is 13.4. The fraction of sp³-hybridized carbons (Fsp3) is 0.222. The summed E-state index contributed by atoms with van der Waals surface area (Å²) < 4.78 is 0. The molecule has 3 rings (SSSR count). The van der Waals surface area contributed by atoms with Gasteiger partial charge in [0.15, 0.2) is 0 Å². The third-order valence-electron chi connectivity index (χ3n) is 3.96. The predicted molar refractivity (Wildman–Crippen MR) is 101 cm³/mol. The Morgan fingerprint density at radius 3 is 2.57 bits per heavy atom. The van der Waals surface area contributed by atoms with Gasteiger partial charge in [-0.25, -0.2) is 0 Å². The number of halogens is 1. The van der Waals surface area contributed by atoms with Crippen LogP contribution in [0.5, 0.6) is 0 Å². The zero-order chi connectivity index (χ0) is 16.7. The van der Waals surface area contributed by atoms with Crippen molar-refractivity contribution in [2.24, 2.45) is 4.99 Å². The van der Waals surface area contributed by atoms with Crippen molar-refractivity contribution < 1.29 is 0 Å². The summed E-state index contributed by atoms with van der Waals surface area (Å²) in [5.74, 6) is 0.448. The highest BCUT2D eigenvalue weighted by Crippen LogP contribution is 2.40. The topological polar surface area (TPSA) is 39.5 Å². The maximum atomic E-state index is 8.36. The molecule has 1 N–H and O–H groups in total. The summed E-state index contributed by atoms with van der Waals surface area (Å²) in [5, 5.41) is 10.1. The molecule has 5 heteroatoms. The van der Waals surface area contributed by atoms with Crippen molar-refractivity contribution in [1.29, 1.82) is 5.41 Å². The lowest BCUT2D eigenvalue weighted by atomic mass is 10.00. The summed E-state index contributed by atoms with van der Waals surface area (Å²) in [6.45, 7) is 10.5. The number of nitrogens with zero attached hydrogens (tertiary/aromatic N) is 2. The SMILES string of the molecule is C=C(C)N1C(=N)CN=C(c2ccc(Cl)cc2)c2c1sc(C)c2C. The molecule has 0 unspecified atom stereocenters. The van der Waals surface area contributed by atoms with Crippen LogP contribution in [0.1, 0.15) is 28.5 Å².